The molecule has 1 aromatic rings. The van der Waals surface area contributed by atoms with E-state index in [0.29, 0.717) is 12.5 Å². The first-order valence-electron chi connectivity index (χ1n) is 7.07. The van der Waals surface area contributed by atoms with Crippen molar-refractivity contribution in [2.75, 3.05) is 25.0 Å². The van der Waals surface area contributed by atoms with Gasteiger partial charge >= 0.3 is 0 Å². The molecular formula is C14H24N4O. The highest BCUT2D eigenvalue weighted by Crippen LogP contribution is 2.18. The Morgan fingerprint density at radius 2 is 2.26 bits per heavy atom. The Hall–Kier alpha value is -1.20. The number of nitrogens with one attached hydrogen (secondary N) is 1. The average molecular weight is 264 g/mol. The van der Waals surface area contributed by atoms with Crippen LogP contribution in [0.1, 0.15) is 31.8 Å². The van der Waals surface area contributed by atoms with E-state index < -0.39 is 0 Å². The molecule has 2 N–H and O–H groups in total. The molecule has 0 bridgehead atoms. The first-order chi connectivity index (χ1) is 9.08. The first-order valence-corrected chi connectivity index (χ1v) is 7.07. The van der Waals surface area contributed by atoms with E-state index in [2.05, 4.69) is 34.0 Å². The van der Waals surface area contributed by atoms with Gasteiger partial charge < -0.3 is 10.4 Å². The van der Waals surface area contributed by atoms with Gasteiger partial charge in [-0.1, -0.05) is 6.92 Å². The number of rotatable bonds is 4. The molecule has 1 saturated heterocycles. The van der Waals surface area contributed by atoms with Crippen molar-refractivity contribution in [3.8, 4) is 0 Å². The van der Waals surface area contributed by atoms with Crippen molar-refractivity contribution in [1.82, 2.24) is 14.9 Å². The van der Waals surface area contributed by atoms with Gasteiger partial charge in [0.2, 0.25) is 0 Å². The predicted molar refractivity (Wildman–Crippen MR) is 76.0 cm³/mol. The Labute approximate surface area is 115 Å². The third-order valence-corrected chi connectivity index (χ3v) is 3.63. The Balaban J connectivity index is 2.02. The van der Waals surface area contributed by atoms with E-state index >= 15 is 0 Å². The van der Waals surface area contributed by atoms with Crippen LogP contribution < -0.4 is 5.32 Å². The van der Waals surface area contributed by atoms with Gasteiger partial charge in [0, 0.05) is 24.8 Å². The maximum absolute atomic E-state index is 9.92. The number of likely N-dealkylation sites (tertiary alicyclic amines) is 1. The summed E-state index contributed by atoms with van der Waals surface area (Å²) in [4.78, 5) is 11.2. The Bertz CT molecular complexity index is 424. The van der Waals surface area contributed by atoms with Gasteiger partial charge in [0.15, 0.2) is 0 Å². The molecule has 1 aliphatic heterocycles. The molecule has 5 nitrogen and oxygen atoms in total. The van der Waals surface area contributed by atoms with Crippen LogP contribution in [0.25, 0.3) is 0 Å². The van der Waals surface area contributed by atoms with Gasteiger partial charge in [0.25, 0.3) is 0 Å². The highest BCUT2D eigenvalue weighted by atomic mass is 16.3. The van der Waals surface area contributed by atoms with E-state index in [-0.39, 0.29) is 6.10 Å². The number of aliphatic hydroxyl groups excluding tert-OH is 1. The summed E-state index contributed by atoms with van der Waals surface area (Å²) in [7, 11) is 0. The minimum absolute atomic E-state index is 0.230. The van der Waals surface area contributed by atoms with Crippen molar-refractivity contribution in [2.45, 2.75) is 39.8 Å². The summed E-state index contributed by atoms with van der Waals surface area (Å²) in [6, 6.07) is 1.96. The molecule has 2 atom stereocenters. The zero-order valence-corrected chi connectivity index (χ0v) is 12.1. The van der Waals surface area contributed by atoms with Crippen LogP contribution in [0, 0.1) is 12.8 Å². The molecule has 2 unspecified atom stereocenters. The van der Waals surface area contributed by atoms with E-state index in [1.54, 1.807) is 0 Å². The van der Waals surface area contributed by atoms with Crippen LogP contribution in [0.5, 0.6) is 0 Å². The van der Waals surface area contributed by atoms with E-state index in [0.717, 1.165) is 43.4 Å². The van der Waals surface area contributed by atoms with Gasteiger partial charge in [-0.05, 0) is 32.7 Å². The third-order valence-electron chi connectivity index (χ3n) is 3.63. The molecule has 1 aromatic heterocycles. The van der Waals surface area contributed by atoms with E-state index in [9.17, 15) is 5.11 Å². The molecular weight excluding hydrogens is 240 g/mol. The van der Waals surface area contributed by atoms with Crippen LogP contribution in [0.4, 0.5) is 5.82 Å². The van der Waals surface area contributed by atoms with E-state index in [1.807, 2.05) is 13.0 Å². The molecule has 0 saturated carbocycles. The Morgan fingerprint density at radius 1 is 1.47 bits per heavy atom. The lowest BCUT2D eigenvalue weighted by Crippen LogP contribution is -2.42. The molecule has 19 heavy (non-hydrogen) atoms. The van der Waals surface area contributed by atoms with Crippen molar-refractivity contribution >= 4 is 5.82 Å². The molecule has 5 heteroatoms. The van der Waals surface area contributed by atoms with Crippen LogP contribution in [-0.4, -0.2) is 45.7 Å². The number of aromatic nitrogens is 2. The second-order valence-electron chi connectivity index (χ2n) is 5.41. The van der Waals surface area contributed by atoms with Crippen molar-refractivity contribution < 1.29 is 5.11 Å². The zero-order chi connectivity index (χ0) is 13.8. The number of aryl methyl sites for hydroxylation is 1. The number of piperidine rings is 1. The van der Waals surface area contributed by atoms with Gasteiger partial charge in [0.05, 0.1) is 12.6 Å². The largest absolute Gasteiger partial charge is 0.392 e. The minimum Gasteiger partial charge on any atom is -0.392 e. The summed E-state index contributed by atoms with van der Waals surface area (Å²) in [5.41, 5.74) is 0.979. The lowest BCUT2D eigenvalue weighted by Gasteiger charge is -2.33. The predicted octanol–water partition coefficient (Wildman–Crippen LogP) is 1.42. The smallest absolute Gasteiger partial charge is 0.144 e. The van der Waals surface area contributed by atoms with Crippen LogP contribution in [0.15, 0.2) is 6.07 Å². The zero-order valence-electron chi connectivity index (χ0n) is 12.1. The van der Waals surface area contributed by atoms with Crippen molar-refractivity contribution in [1.29, 1.82) is 0 Å². The van der Waals surface area contributed by atoms with Gasteiger partial charge in [-0.15, -0.1) is 0 Å². The fourth-order valence-corrected chi connectivity index (χ4v) is 2.43. The Morgan fingerprint density at radius 3 is 2.95 bits per heavy atom. The van der Waals surface area contributed by atoms with E-state index in [4.69, 9.17) is 0 Å². The standard InChI is InChI=1S/C14H24N4O/c1-4-15-13-7-11(3)16-14(17-13)9-18-6-5-10(2)12(19)8-18/h7,10,12,19H,4-6,8-9H2,1-3H3,(H,15,16,17). The van der Waals surface area contributed by atoms with E-state index in [1.165, 1.54) is 0 Å². The maximum atomic E-state index is 9.92. The SMILES string of the molecule is CCNc1cc(C)nc(CN2CCC(C)C(O)C2)n1. The average Bonchev–Trinajstić information content (AvgIpc) is 2.33. The fraction of sp³-hybridized carbons (Fsp3) is 0.714. The highest BCUT2D eigenvalue weighted by Gasteiger charge is 2.24. The van der Waals surface area contributed by atoms with Gasteiger partial charge in [0.1, 0.15) is 11.6 Å². The molecule has 0 aliphatic carbocycles. The van der Waals surface area contributed by atoms with Gasteiger partial charge in [-0.25, -0.2) is 9.97 Å². The summed E-state index contributed by atoms with van der Waals surface area (Å²) in [6.07, 6.45) is 0.805. The van der Waals surface area contributed by atoms with Gasteiger partial charge in [-0.3, -0.25) is 4.90 Å². The number of hydrogen-bond acceptors (Lipinski definition) is 5. The molecule has 0 aromatic carbocycles. The fourth-order valence-electron chi connectivity index (χ4n) is 2.43. The summed E-state index contributed by atoms with van der Waals surface area (Å²) in [5, 5.41) is 13.1. The number of β-amino-alcohol motifs (C(OH)–C–C–N with tert-alkyl or cyclic N) is 1. The van der Waals surface area contributed by atoms with Crippen molar-refractivity contribution in [2.24, 2.45) is 5.92 Å². The molecule has 1 aliphatic rings. The second-order valence-corrected chi connectivity index (χ2v) is 5.41. The van der Waals surface area contributed by atoms with Crippen LogP contribution in [0.2, 0.25) is 0 Å². The van der Waals surface area contributed by atoms with Crippen LogP contribution in [-0.2, 0) is 6.54 Å². The molecule has 0 amide bonds. The summed E-state index contributed by atoms with van der Waals surface area (Å²) in [6.45, 7) is 9.44. The van der Waals surface area contributed by atoms with Crippen molar-refractivity contribution in [3.05, 3.63) is 17.6 Å². The molecule has 106 valence electrons. The van der Waals surface area contributed by atoms with Crippen molar-refractivity contribution in [3.63, 3.8) is 0 Å². The second kappa shape index (κ2) is 6.30. The van der Waals surface area contributed by atoms with Crippen LogP contribution >= 0.6 is 0 Å². The lowest BCUT2D eigenvalue weighted by atomic mass is 9.96. The highest BCUT2D eigenvalue weighted by molar-refractivity contribution is 5.35. The number of anilines is 1. The van der Waals surface area contributed by atoms with Crippen LogP contribution in [0.3, 0.4) is 0 Å². The normalized spacial score (nSPS) is 24.4. The molecule has 1 fully saturated rings. The monoisotopic (exact) mass is 264 g/mol. The topological polar surface area (TPSA) is 61.3 Å². The lowest BCUT2D eigenvalue weighted by molar-refractivity contribution is 0.0249. The first kappa shape index (κ1) is 14.2. The quantitative estimate of drug-likeness (QED) is 0.861. The summed E-state index contributed by atoms with van der Waals surface area (Å²) < 4.78 is 0. The number of nitrogens with zero attached hydrogens (tertiary/aromatic N) is 3. The molecule has 0 spiro atoms. The molecule has 2 rings (SSSR count). The number of aliphatic hydroxyl groups is 1. The molecule has 0 radical (unpaired) electrons. The third kappa shape index (κ3) is 3.88. The number of hydrogen-bond donors (Lipinski definition) is 2. The minimum atomic E-state index is -0.230. The summed E-state index contributed by atoms with van der Waals surface area (Å²) >= 11 is 0. The summed E-state index contributed by atoms with van der Waals surface area (Å²) in [5.74, 6) is 2.11. The Kier molecular flexibility index (Phi) is 4.71. The molecule has 2 heterocycles. The van der Waals surface area contributed by atoms with Gasteiger partial charge in [-0.2, -0.15) is 0 Å². The maximum Gasteiger partial charge on any atom is 0.144 e.